The lowest BCUT2D eigenvalue weighted by Crippen LogP contribution is -2.22. The number of anilines is 1. The van der Waals surface area contributed by atoms with Crippen LogP contribution in [0.3, 0.4) is 0 Å². The second-order valence-electron chi connectivity index (χ2n) is 5.94. The largest absolute Gasteiger partial charge is 0.497 e. The number of methoxy groups -OCH3 is 1. The fourth-order valence-electron chi connectivity index (χ4n) is 2.87. The Balaban J connectivity index is 1.59. The van der Waals surface area contributed by atoms with Crippen molar-refractivity contribution in [1.82, 2.24) is 15.1 Å². The van der Waals surface area contributed by atoms with E-state index in [1.54, 1.807) is 13.3 Å². The van der Waals surface area contributed by atoms with Gasteiger partial charge in [0, 0.05) is 30.4 Å². The second-order valence-corrected chi connectivity index (χ2v) is 5.94. The van der Waals surface area contributed by atoms with Crippen LogP contribution in [0.2, 0.25) is 0 Å². The number of nitrogens with zero attached hydrogens (tertiary/aromatic N) is 4. The topological polar surface area (TPSA) is 84.5 Å². The Morgan fingerprint density at radius 2 is 2.04 bits per heavy atom. The first-order valence-corrected chi connectivity index (χ1v) is 8.10. The zero-order valence-electron chi connectivity index (χ0n) is 13.8. The number of rotatable bonds is 4. The van der Waals surface area contributed by atoms with Crippen LogP contribution in [0.25, 0.3) is 22.8 Å². The van der Waals surface area contributed by atoms with Crippen molar-refractivity contribution in [1.29, 1.82) is 0 Å². The predicted octanol–water partition coefficient (Wildman–Crippen LogP) is 2.38. The molecule has 1 unspecified atom stereocenters. The molecule has 1 fully saturated rings. The molecule has 1 saturated heterocycles. The van der Waals surface area contributed by atoms with E-state index in [-0.39, 0.29) is 6.10 Å². The Hall–Kier alpha value is -2.93. The molecule has 0 bridgehead atoms. The standard InChI is InChI=1S/C18H18N4O3/c1-24-15-4-2-12(3-5-15)17-20-18(25-21-17)13-6-8-19-16(10-13)22-9-7-14(23)11-22/h2-6,8,10,14,23H,7,9,11H2,1H3. The molecule has 0 aliphatic carbocycles. The summed E-state index contributed by atoms with van der Waals surface area (Å²) in [6, 6.07) is 11.2. The Morgan fingerprint density at radius 1 is 1.20 bits per heavy atom. The van der Waals surface area contributed by atoms with E-state index in [1.165, 1.54) is 0 Å². The maximum absolute atomic E-state index is 9.69. The Kier molecular flexibility index (Phi) is 4.07. The van der Waals surface area contributed by atoms with Crippen molar-refractivity contribution in [2.45, 2.75) is 12.5 Å². The molecular weight excluding hydrogens is 320 g/mol. The van der Waals surface area contributed by atoms with Crippen LogP contribution in [-0.4, -0.2) is 46.5 Å². The number of β-amino-alcohol motifs (C(OH)–C–C–N with tert-alkyl or cyclic N) is 1. The summed E-state index contributed by atoms with van der Waals surface area (Å²) in [5, 5.41) is 13.8. The van der Waals surface area contributed by atoms with Gasteiger partial charge < -0.3 is 19.3 Å². The molecule has 3 aromatic rings. The van der Waals surface area contributed by atoms with Crippen molar-refractivity contribution in [3.63, 3.8) is 0 Å². The lowest BCUT2D eigenvalue weighted by Gasteiger charge is -2.16. The van der Waals surface area contributed by atoms with Gasteiger partial charge in [-0.3, -0.25) is 0 Å². The summed E-state index contributed by atoms with van der Waals surface area (Å²) in [5.74, 6) is 2.54. The molecule has 7 heteroatoms. The monoisotopic (exact) mass is 338 g/mol. The van der Waals surface area contributed by atoms with Crippen molar-refractivity contribution < 1.29 is 14.4 Å². The molecular formula is C18H18N4O3. The van der Waals surface area contributed by atoms with Crippen LogP contribution in [0, 0.1) is 0 Å². The lowest BCUT2D eigenvalue weighted by atomic mass is 10.2. The van der Waals surface area contributed by atoms with E-state index in [4.69, 9.17) is 9.26 Å². The SMILES string of the molecule is COc1ccc(-c2noc(-c3ccnc(N4CCC(O)C4)c3)n2)cc1. The quantitative estimate of drug-likeness (QED) is 0.782. The molecule has 0 spiro atoms. The second kappa shape index (κ2) is 6.52. The van der Waals surface area contributed by atoms with Crippen molar-refractivity contribution in [2.75, 3.05) is 25.1 Å². The van der Waals surface area contributed by atoms with Gasteiger partial charge >= 0.3 is 0 Å². The first-order valence-electron chi connectivity index (χ1n) is 8.10. The summed E-state index contributed by atoms with van der Waals surface area (Å²) in [6.45, 7) is 1.38. The molecule has 2 aromatic heterocycles. The molecule has 4 rings (SSSR count). The van der Waals surface area contributed by atoms with Gasteiger partial charge in [-0.25, -0.2) is 4.98 Å². The van der Waals surface area contributed by atoms with Crippen LogP contribution in [0.5, 0.6) is 5.75 Å². The highest BCUT2D eigenvalue weighted by Gasteiger charge is 2.22. The van der Waals surface area contributed by atoms with Gasteiger partial charge in [0.15, 0.2) is 0 Å². The van der Waals surface area contributed by atoms with Crippen LogP contribution in [0.4, 0.5) is 5.82 Å². The first kappa shape index (κ1) is 15.6. The highest BCUT2D eigenvalue weighted by molar-refractivity contribution is 5.63. The third-order valence-corrected chi connectivity index (χ3v) is 4.25. The minimum Gasteiger partial charge on any atom is -0.497 e. The van der Waals surface area contributed by atoms with Gasteiger partial charge in [-0.15, -0.1) is 0 Å². The van der Waals surface area contributed by atoms with Crippen LogP contribution in [0.1, 0.15) is 6.42 Å². The van der Waals surface area contributed by atoms with Gasteiger partial charge in [0.05, 0.1) is 13.2 Å². The van der Waals surface area contributed by atoms with E-state index < -0.39 is 0 Å². The molecule has 1 aromatic carbocycles. The van der Waals surface area contributed by atoms with Gasteiger partial charge in [-0.2, -0.15) is 4.98 Å². The maximum atomic E-state index is 9.69. The maximum Gasteiger partial charge on any atom is 0.258 e. The smallest absolute Gasteiger partial charge is 0.258 e. The molecule has 0 amide bonds. The highest BCUT2D eigenvalue weighted by atomic mass is 16.5. The average molecular weight is 338 g/mol. The van der Waals surface area contributed by atoms with Gasteiger partial charge in [0.1, 0.15) is 11.6 Å². The minimum absolute atomic E-state index is 0.296. The Morgan fingerprint density at radius 3 is 2.76 bits per heavy atom. The molecule has 1 aliphatic heterocycles. The molecule has 25 heavy (non-hydrogen) atoms. The summed E-state index contributed by atoms with van der Waals surface area (Å²) in [6.07, 6.45) is 2.18. The van der Waals surface area contributed by atoms with Gasteiger partial charge in [0.2, 0.25) is 5.82 Å². The lowest BCUT2D eigenvalue weighted by molar-refractivity contribution is 0.198. The Bertz CT molecular complexity index is 863. The number of hydrogen-bond donors (Lipinski definition) is 1. The summed E-state index contributed by atoms with van der Waals surface area (Å²) < 4.78 is 10.6. The zero-order chi connectivity index (χ0) is 17.2. The number of benzene rings is 1. The average Bonchev–Trinajstić information content (AvgIpc) is 3.31. The van der Waals surface area contributed by atoms with E-state index in [9.17, 15) is 5.11 Å². The number of ether oxygens (including phenoxy) is 1. The number of aromatic nitrogens is 3. The zero-order valence-corrected chi connectivity index (χ0v) is 13.8. The third kappa shape index (κ3) is 3.18. The van der Waals surface area contributed by atoms with E-state index in [0.717, 1.165) is 35.7 Å². The number of pyridine rings is 1. The molecule has 1 atom stereocenters. The van der Waals surface area contributed by atoms with Crippen LogP contribution >= 0.6 is 0 Å². The van der Waals surface area contributed by atoms with Gasteiger partial charge in [0.25, 0.3) is 5.89 Å². The van der Waals surface area contributed by atoms with Crippen LogP contribution < -0.4 is 9.64 Å². The first-order chi connectivity index (χ1) is 12.2. The molecule has 0 saturated carbocycles. The van der Waals surface area contributed by atoms with E-state index in [2.05, 4.69) is 20.0 Å². The number of aliphatic hydroxyl groups excluding tert-OH is 1. The molecule has 7 nitrogen and oxygen atoms in total. The van der Waals surface area contributed by atoms with Crippen molar-refractivity contribution in [2.24, 2.45) is 0 Å². The fraction of sp³-hybridized carbons (Fsp3) is 0.278. The molecule has 3 heterocycles. The van der Waals surface area contributed by atoms with Crippen molar-refractivity contribution >= 4 is 5.82 Å². The molecule has 1 aliphatic rings. The fourth-order valence-corrected chi connectivity index (χ4v) is 2.87. The summed E-state index contributed by atoms with van der Waals surface area (Å²) in [5.41, 5.74) is 1.66. The normalized spacial score (nSPS) is 17.0. The Labute approximate surface area is 144 Å². The van der Waals surface area contributed by atoms with Gasteiger partial charge in [-0.05, 0) is 42.8 Å². The molecule has 128 valence electrons. The minimum atomic E-state index is -0.296. The van der Waals surface area contributed by atoms with Crippen molar-refractivity contribution in [3.8, 4) is 28.6 Å². The summed E-state index contributed by atoms with van der Waals surface area (Å²) in [4.78, 5) is 10.9. The van der Waals surface area contributed by atoms with Crippen LogP contribution in [-0.2, 0) is 0 Å². The van der Waals surface area contributed by atoms with Gasteiger partial charge in [-0.1, -0.05) is 5.16 Å². The molecule has 0 radical (unpaired) electrons. The van der Waals surface area contributed by atoms with Crippen LogP contribution in [0.15, 0.2) is 47.1 Å². The molecule has 1 N–H and O–H groups in total. The van der Waals surface area contributed by atoms with Crippen molar-refractivity contribution in [3.05, 3.63) is 42.6 Å². The number of aliphatic hydroxyl groups is 1. The summed E-state index contributed by atoms with van der Waals surface area (Å²) >= 11 is 0. The van der Waals surface area contributed by atoms with E-state index in [1.807, 2.05) is 36.4 Å². The third-order valence-electron chi connectivity index (χ3n) is 4.25. The van der Waals surface area contributed by atoms with E-state index in [0.29, 0.717) is 18.3 Å². The number of hydrogen-bond acceptors (Lipinski definition) is 7. The van der Waals surface area contributed by atoms with E-state index >= 15 is 0 Å². The predicted molar refractivity (Wildman–Crippen MR) is 92.4 cm³/mol. The highest BCUT2D eigenvalue weighted by Crippen LogP contribution is 2.26. The summed E-state index contributed by atoms with van der Waals surface area (Å²) in [7, 11) is 1.63.